The third-order valence-corrected chi connectivity index (χ3v) is 6.23. The average Bonchev–Trinajstić information content (AvgIpc) is 3.13. The van der Waals surface area contributed by atoms with Gasteiger partial charge in [-0.15, -0.1) is 0 Å². The Kier molecular flexibility index (Phi) is 15.5. The number of ether oxygens (including phenoxy) is 1. The van der Waals surface area contributed by atoms with Gasteiger partial charge < -0.3 is 48.4 Å². The van der Waals surface area contributed by atoms with Crippen molar-refractivity contribution in [2.45, 2.75) is 24.5 Å². The SMILES string of the molecule is Nc1ncnc2c1ncn2[C@@H]1O[C@H](COP(=O)([O-])OS(=O)(=O)[O-])[C@@H](OP(=O)([O-])[O-])[C@H]1O.[Li+].[Li+].[Li+].[Li+]. The topological polar surface area (TPSA) is 287 Å². The number of nitrogens with zero attached hydrogens (tertiary/aromatic N) is 4. The number of nitrogen functional groups attached to an aromatic ring is 1. The van der Waals surface area contributed by atoms with Crippen LogP contribution in [0.25, 0.3) is 11.2 Å². The fourth-order valence-corrected chi connectivity index (χ4v) is 4.67. The molecule has 3 N–H and O–H groups in total. The zero-order valence-corrected chi connectivity index (χ0v) is 21.3. The summed E-state index contributed by atoms with van der Waals surface area (Å²) in [5.74, 6) is -0.0456. The first kappa shape index (κ1) is 37.9. The van der Waals surface area contributed by atoms with Crippen LogP contribution < -0.4 is 95.9 Å². The van der Waals surface area contributed by atoms with E-state index in [1.807, 2.05) is 0 Å². The van der Waals surface area contributed by atoms with E-state index in [1.54, 1.807) is 0 Å². The molecule has 0 spiro atoms. The molecule has 174 valence electrons. The van der Waals surface area contributed by atoms with Crippen LogP contribution in [0.15, 0.2) is 12.7 Å². The normalized spacial score (nSPS) is 23.8. The van der Waals surface area contributed by atoms with E-state index in [2.05, 4.69) is 28.0 Å². The Morgan fingerprint density at radius 2 is 1.74 bits per heavy atom. The molecule has 0 aliphatic carbocycles. The fourth-order valence-electron chi connectivity index (χ4n) is 2.72. The summed E-state index contributed by atoms with van der Waals surface area (Å²) in [5.41, 5.74) is 5.73. The fraction of sp³-hybridized carbons (Fsp3) is 0.500. The Balaban J connectivity index is 0. The molecule has 1 fully saturated rings. The predicted octanol–water partition coefficient (Wildman–Crippen LogP) is -16.1. The van der Waals surface area contributed by atoms with Gasteiger partial charge in [-0.1, -0.05) is 0 Å². The van der Waals surface area contributed by atoms with Crippen molar-refractivity contribution in [3.05, 3.63) is 12.7 Å². The number of aliphatic hydroxyl groups excluding tert-OH is 1. The van der Waals surface area contributed by atoms with Crippen molar-refractivity contribution >= 4 is 43.0 Å². The van der Waals surface area contributed by atoms with E-state index in [9.17, 15) is 41.9 Å². The van der Waals surface area contributed by atoms with Crippen molar-refractivity contribution in [2.75, 3.05) is 12.3 Å². The second-order valence-electron chi connectivity index (χ2n) is 5.88. The van der Waals surface area contributed by atoms with Crippen molar-refractivity contribution in [1.82, 2.24) is 19.5 Å². The summed E-state index contributed by atoms with van der Waals surface area (Å²) in [6.45, 7) is -1.21. The Morgan fingerprint density at radius 1 is 1.14 bits per heavy atom. The van der Waals surface area contributed by atoms with Crippen molar-refractivity contribution in [3.63, 3.8) is 0 Å². The van der Waals surface area contributed by atoms with Crippen LogP contribution in [0.1, 0.15) is 6.23 Å². The summed E-state index contributed by atoms with van der Waals surface area (Å²) >= 11 is 0. The van der Waals surface area contributed by atoms with E-state index in [4.69, 9.17) is 10.5 Å². The van der Waals surface area contributed by atoms with Gasteiger partial charge in [0.05, 0.1) is 20.8 Å². The van der Waals surface area contributed by atoms with E-state index >= 15 is 0 Å². The van der Waals surface area contributed by atoms with Gasteiger partial charge in [0.15, 0.2) is 17.7 Å². The second kappa shape index (κ2) is 14.3. The van der Waals surface area contributed by atoms with Crippen LogP contribution in [0.4, 0.5) is 5.82 Å². The minimum Gasteiger partial charge on any atom is -0.790 e. The summed E-state index contributed by atoms with van der Waals surface area (Å²) in [7, 11) is -17.2. The number of hydrogen-bond donors (Lipinski definition) is 2. The smallest absolute Gasteiger partial charge is 0.790 e. The minimum atomic E-state index is -5.74. The molecule has 0 radical (unpaired) electrons. The van der Waals surface area contributed by atoms with Gasteiger partial charge in [0, 0.05) is 0 Å². The molecule has 3 rings (SSSR count). The molecule has 1 unspecified atom stereocenters. The minimum absolute atomic E-state index is 0. The summed E-state index contributed by atoms with van der Waals surface area (Å²) in [5, 5.41) is 10.4. The number of fused-ring (bicyclic) bond motifs is 1. The van der Waals surface area contributed by atoms with Crippen molar-refractivity contribution in [1.29, 1.82) is 0 Å². The maximum absolute atomic E-state index is 11.4. The molecule has 1 aliphatic heterocycles. The van der Waals surface area contributed by atoms with Gasteiger partial charge in [-0.2, -0.15) is 0 Å². The van der Waals surface area contributed by atoms with Gasteiger partial charge in [-0.05, 0) is 0 Å². The maximum atomic E-state index is 11.4. The van der Waals surface area contributed by atoms with E-state index < -0.39 is 57.2 Å². The molecule has 35 heavy (non-hydrogen) atoms. The van der Waals surface area contributed by atoms with Crippen LogP contribution in [-0.4, -0.2) is 62.5 Å². The molecule has 0 amide bonds. The van der Waals surface area contributed by atoms with Crippen LogP contribution in [0.2, 0.25) is 0 Å². The third kappa shape index (κ3) is 10.1. The van der Waals surface area contributed by atoms with Crippen LogP contribution in [-0.2, 0) is 37.3 Å². The molecular formula is C10H11Li4N5O13P2S. The van der Waals surface area contributed by atoms with Crippen LogP contribution in [0, 0.1) is 0 Å². The van der Waals surface area contributed by atoms with Crippen LogP contribution in [0.5, 0.6) is 0 Å². The summed E-state index contributed by atoms with van der Waals surface area (Å²) in [4.78, 5) is 45.0. The Bertz CT molecular complexity index is 1180. The van der Waals surface area contributed by atoms with Crippen molar-refractivity contribution < 1.29 is 135 Å². The molecule has 2 aromatic rings. The van der Waals surface area contributed by atoms with Gasteiger partial charge in [-0.3, -0.25) is 9.13 Å². The first-order chi connectivity index (χ1) is 14.2. The van der Waals surface area contributed by atoms with E-state index in [0.29, 0.717) is 0 Å². The standard InChI is InChI=1S/C10H15N5O13P2S.4Li/c11-8-5-9(13-2-12-8)15(3-14-5)10-6(16)7(27-29(17,18)19)4(26-10)1-25-30(20,21)28-31(22,23)24;;;;/h2-4,6-7,10,16H,1H2,(H,20,21)(H2,11,12,13)(H2,17,18,19)(H,22,23,24);;;;/q;4*+1/p-4/t4-,6-,7-,10-;;;;/m1..../s1. The van der Waals surface area contributed by atoms with E-state index in [1.165, 1.54) is 0 Å². The van der Waals surface area contributed by atoms with Crippen molar-refractivity contribution in [2.24, 2.45) is 0 Å². The van der Waals surface area contributed by atoms with Crippen LogP contribution >= 0.6 is 15.6 Å². The molecule has 25 heteroatoms. The van der Waals surface area contributed by atoms with Gasteiger partial charge in [-0.25, -0.2) is 27.3 Å². The molecule has 0 aromatic carbocycles. The van der Waals surface area contributed by atoms with Gasteiger partial charge >= 0.3 is 75.4 Å². The molecule has 0 bridgehead atoms. The van der Waals surface area contributed by atoms with Crippen molar-refractivity contribution in [3.8, 4) is 0 Å². The zero-order valence-electron chi connectivity index (χ0n) is 18.7. The Morgan fingerprint density at radius 3 is 2.29 bits per heavy atom. The number of hydrogen-bond acceptors (Lipinski definition) is 17. The number of rotatable bonds is 8. The van der Waals surface area contributed by atoms with E-state index in [0.717, 1.165) is 17.2 Å². The molecule has 5 atom stereocenters. The quantitative estimate of drug-likeness (QED) is 0.138. The largest absolute Gasteiger partial charge is 1.00 e. The Labute approximate surface area is 245 Å². The molecule has 3 heterocycles. The van der Waals surface area contributed by atoms with Gasteiger partial charge in [0.2, 0.25) is 10.4 Å². The predicted molar refractivity (Wildman–Crippen MR) is 86.5 cm³/mol. The molecular weight excluding hydrogens is 520 g/mol. The maximum Gasteiger partial charge on any atom is 1.00 e. The molecule has 18 nitrogen and oxygen atoms in total. The summed E-state index contributed by atoms with van der Waals surface area (Å²) in [6.07, 6.45) is -5.14. The monoisotopic (exact) mass is 531 g/mol. The van der Waals surface area contributed by atoms with Gasteiger partial charge in [0.1, 0.15) is 30.2 Å². The Hall–Kier alpha value is 0.790. The molecule has 0 saturated carbocycles. The number of aliphatic hydroxyl groups is 1. The first-order valence-electron chi connectivity index (χ1n) is 7.76. The van der Waals surface area contributed by atoms with Gasteiger partial charge in [0.25, 0.3) is 7.82 Å². The number of nitrogens with two attached hydrogens (primary N) is 1. The van der Waals surface area contributed by atoms with Crippen LogP contribution in [0.3, 0.4) is 0 Å². The summed E-state index contributed by atoms with van der Waals surface area (Å²) < 4.78 is 71.8. The molecule has 1 saturated heterocycles. The average molecular weight is 531 g/mol. The zero-order chi connectivity index (χ0) is 23.2. The summed E-state index contributed by atoms with van der Waals surface area (Å²) in [6, 6.07) is 0. The first-order valence-corrected chi connectivity index (χ1v) is 12.0. The number of imidazole rings is 1. The third-order valence-electron chi connectivity index (χ3n) is 3.80. The molecule has 1 aliphatic rings. The second-order valence-corrected chi connectivity index (χ2v) is 9.55. The van der Waals surface area contributed by atoms with E-state index in [-0.39, 0.29) is 92.4 Å². The molecule has 2 aromatic heterocycles. The number of aromatic nitrogens is 4. The number of phosphoric ester groups is 2. The number of phosphoric acid groups is 2. The number of anilines is 1.